The van der Waals surface area contributed by atoms with Crippen LogP contribution in [0.25, 0.3) is 6.08 Å². The normalized spacial score (nSPS) is 10.6. The van der Waals surface area contributed by atoms with Crippen LogP contribution in [0, 0.1) is 0 Å². The van der Waals surface area contributed by atoms with Crippen molar-refractivity contribution in [2.24, 2.45) is 0 Å². The van der Waals surface area contributed by atoms with E-state index in [0.29, 0.717) is 29.7 Å². The van der Waals surface area contributed by atoms with Gasteiger partial charge in [0.2, 0.25) is 5.91 Å². The van der Waals surface area contributed by atoms with Gasteiger partial charge in [-0.2, -0.15) is 0 Å². The van der Waals surface area contributed by atoms with Crippen LogP contribution in [0.2, 0.25) is 5.02 Å². The first-order valence-corrected chi connectivity index (χ1v) is 8.54. The minimum Gasteiger partial charge on any atom is -0.497 e. The van der Waals surface area contributed by atoms with Gasteiger partial charge < -0.3 is 19.5 Å². The third-order valence-electron chi connectivity index (χ3n) is 3.59. The number of halogens is 1. The van der Waals surface area contributed by atoms with Crippen molar-refractivity contribution in [3.05, 3.63) is 58.6 Å². The van der Waals surface area contributed by atoms with Crippen molar-refractivity contribution in [2.75, 3.05) is 20.8 Å². The lowest BCUT2D eigenvalue weighted by molar-refractivity contribution is -0.116. The SMILES string of the molecule is CCOc1cc(/C=C/C(=O)NCc2ccc(OC)cc2)cc(Cl)c1OC. The van der Waals surface area contributed by atoms with Crippen LogP contribution in [-0.4, -0.2) is 26.7 Å². The first-order chi connectivity index (χ1) is 12.6. The Hall–Kier alpha value is -2.66. The maximum Gasteiger partial charge on any atom is 0.244 e. The Morgan fingerprint density at radius 1 is 1.15 bits per heavy atom. The second-order valence-corrected chi connectivity index (χ2v) is 5.77. The molecule has 0 spiro atoms. The van der Waals surface area contributed by atoms with Gasteiger partial charge in [0, 0.05) is 12.6 Å². The summed E-state index contributed by atoms with van der Waals surface area (Å²) in [5.41, 5.74) is 1.73. The molecular formula is C20H22ClNO4. The molecule has 0 heterocycles. The molecule has 1 N–H and O–H groups in total. The van der Waals surface area contributed by atoms with E-state index in [-0.39, 0.29) is 5.91 Å². The highest BCUT2D eigenvalue weighted by Gasteiger charge is 2.10. The van der Waals surface area contributed by atoms with Crippen LogP contribution in [0.5, 0.6) is 17.2 Å². The smallest absolute Gasteiger partial charge is 0.244 e. The van der Waals surface area contributed by atoms with Crippen LogP contribution in [0.4, 0.5) is 0 Å². The molecule has 0 aliphatic carbocycles. The van der Waals surface area contributed by atoms with E-state index in [1.807, 2.05) is 31.2 Å². The van der Waals surface area contributed by atoms with E-state index < -0.39 is 0 Å². The number of rotatable bonds is 8. The molecule has 6 heteroatoms. The molecule has 0 saturated carbocycles. The molecule has 0 fully saturated rings. The Labute approximate surface area is 158 Å². The number of carbonyl (C=O) groups is 1. The average Bonchev–Trinajstić information content (AvgIpc) is 2.65. The molecule has 0 aliphatic heterocycles. The van der Waals surface area contributed by atoms with Crippen LogP contribution in [0.15, 0.2) is 42.5 Å². The summed E-state index contributed by atoms with van der Waals surface area (Å²) in [4.78, 5) is 12.0. The van der Waals surface area contributed by atoms with E-state index in [2.05, 4.69) is 5.32 Å². The van der Waals surface area contributed by atoms with Gasteiger partial charge >= 0.3 is 0 Å². The van der Waals surface area contributed by atoms with Gasteiger partial charge in [0.05, 0.1) is 25.8 Å². The van der Waals surface area contributed by atoms with Gasteiger partial charge in [0.1, 0.15) is 5.75 Å². The molecule has 5 nitrogen and oxygen atoms in total. The summed E-state index contributed by atoms with van der Waals surface area (Å²) in [5, 5.41) is 3.26. The maximum atomic E-state index is 12.0. The van der Waals surface area contributed by atoms with Gasteiger partial charge in [-0.25, -0.2) is 0 Å². The van der Waals surface area contributed by atoms with Gasteiger partial charge in [0.15, 0.2) is 11.5 Å². The van der Waals surface area contributed by atoms with E-state index in [1.165, 1.54) is 13.2 Å². The largest absolute Gasteiger partial charge is 0.497 e. The quantitative estimate of drug-likeness (QED) is 0.706. The Morgan fingerprint density at radius 2 is 1.88 bits per heavy atom. The third-order valence-corrected chi connectivity index (χ3v) is 3.87. The molecule has 2 aromatic rings. The zero-order chi connectivity index (χ0) is 18.9. The fourth-order valence-electron chi connectivity index (χ4n) is 2.31. The van der Waals surface area contributed by atoms with Crippen LogP contribution in [-0.2, 0) is 11.3 Å². The Morgan fingerprint density at radius 3 is 2.50 bits per heavy atom. The number of carbonyl (C=O) groups excluding carboxylic acids is 1. The molecule has 2 rings (SSSR count). The molecular weight excluding hydrogens is 354 g/mol. The van der Waals surface area contributed by atoms with Gasteiger partial charge in [-0.05, 0) is 48.4 Å². The van der Waals surface area contributed by atoms with Crippen LogP contribution >= 0.6 is 11.6 Å². The second kappa shape index (κ2) is 9.73. The molecule has 0 radical (unpaired) electrons. The number of hydrogen-bond donors (Lipinski definition) is 1. The standard InChI is InChI=1S/C20H22ClNO4/c1-4-26-18-12-15(11-17(21)20(18)25-3)7-10-19(23)22-13-14-5-8-16(24-2)9-6-14/h5-12H,4,13H2,1-3H3,(H,22,23)/b10-7+. The fraction of sp³-hybridized carbons (Fsp3) is 0.250. The van der Waals surface area contributed by atoms with E-state index in [9.17, 15) is 4.79 Å². The van der Waals surface area contributed by atoms with Gasteiger partial charge in [0.25, 0.3) is 0 Å². The van der Waals surface area contributed by atoms with Crippen molar-refractivity contribution in [3.63, 3.8) is 0 Å². The molecule has 0 saturated heterocycles. The van der Waals surface area contributed by atoms with E-state index in [4.69, 9.17) is 25.8 Å². The first-order valence-electron chi connectivity index (χ1n) is 8.16. The van der Waals surface area contributed by atoms with Gasteiger partial charge in [-0.3, -0.25) is 4.79 Å². The zero-order valence-corrected chi connectivity index (χ0v) is 15.8. The number of benzene rings is 2. The highest BCUT2D eigenvalue weighted by molar-refractivity contribution is 6.32. The van der Waals surface area contributed by atoms with Crippen LogP contribution in [0.1, 0.15) is 18.1 Å². The molecule has 26 heavy (non-hydrogen) atoms. The molecule has 0 unspecified atom stereocenters. The monoisotopic (exact) mass is 375 g/mol. The third kappa shape index (κ3) is 5.43. The summed E-state index contributed by atoms with van der Waals surface area (Å²) in [5.74, 6) is 1.60. The highest BCUT2D eigenvalue weighted by atomic mass is 35.5. The van der Waals surface area contributed by atoms with Crippen molar-refractivity contribution in [3.8, 4) is 17.2 Å². The van der Waals surface area contributed by atoms with E-state index in [0.717, 1.165) is 16.9 Å². The lowest BCUT2D eigenvalue weighted by Gasteiger charge is -2.11. The Bertz CT molecular complexity index is 772. The van der Waals surface area contributed by atoms with Crippen molar-refractivity contribution in [1.82, 2.24) is 5.32 Å². The molecule has 0 bridgehead atoms. The summed E-state index contributed by atoms with van der Waals surface area (Å²) in [6, 6.07) is 11.0. The molecule has 0 aromatic heterocycles. The van der Waals surface area contributed by atoms with Gasteiger partial charge in [-0.1, -0.05) is 23.7 Å². The zero-order valence-electron chi connectivity index (χ0n) is 15.0. The van der Waals surface area contributed by atoms with E-state index in [1.54, 1.807) is 25.3 Å². The second-order valence-electron chi connectivity index (χ2n) is 5.37. The van der Waals surface area contributed by atoms with E-state index >= 15 is 0 Å². The van der Waals surface area contributed by atoms with Crippen molar-refractivity contribution in [2.45, 2.75) is 13.5 Å². The minimum absolute atomic E-state index is 0.203. The Balaban J connectivity index is 2.00. The number of methoxy groups -OCH3 is 2. The lowest BCUT2D eigenvalue weighted by atomic mass is 10.1. The lowest BCUT2D eigenvalue weighted by Crippen LogP contribution is -2.20. The van der Waals surface area contributed by atoms with Crippen LogP contribution < -0.4 is 19.5 Å². The first kappa shape index (κ1) is 19.7. The summed E-state index contributed by atoms with van der Waals surface area (Å²) >= 11 is 6.20. The molecule has 0 aliphatic rings. The summed E-state index contributed by atoms with van der Waals surface area (Å²) in [7, 11) is 3.15. The number of ether oxygens (including phenoxy) is 3. The molecule has 2 aromatic carbocycles. The molecule has 138 valence electrons. The van der Waals surface area contributed by atoms with Crippen LogP contribution in [0.3, 0.4) is 0 Å². The highest BCUT2D eigenvalue weighted by Crippen LogP contribution is 2.36. The van der Waals surface area contributed by atoms with Crippen molar-refractivity contribution < 1.29 is 19.0 Å². The minimum atomic E-state index is -0.203. The fourth-order valence-corrected chi connectivity index (χ4v) is 2.60. The van der Waals surface area contributed by atoms with Crippen molar-refractivity contribution in [1.29, 1.82) is 0 Å². The average molecular weight is 376 g/mol. The predicted molar refractivity (Wildman–Crippen MR) is 103 cm³/mol. The maximum absolute atomic E-state index is 12.0. The summed E-state index contributed by atoms with van der Waals surface area (Å²) < 4.78 is 15.9. The number of amides is 1. The summed E-state index contributed by atoms with van der Waals surface area (Å²) in [6.45, 7) is 2.80. The number of hydrogen-bond acceptors (Lipinski definition) is 4. The number of nitrogens with one attached hydrogen (secondary N) is 1. The molecule has 0 atom stereocenters. The Kier molecular flexibility index (Phi) is 7.36. The molecule has 1 amide bonds. The van der Waals surface area contributed by atoms with Crippen molar-refractivity contribution >= 4 is 23.6 Å². The topological polar surface area (TPSA) is 56.8 Å². The summed E-state index contributed by atoms with van der Waals surface area (Å²) in [6.07, 6.45) is 3.13. The predicted octanol–water partition coefficient (Wildman–Crippen LogP) is 4.09. The van der Waals surface area contributed by atoms with Gasteiger partial charge in [-0.15, -0.1) is 0 Å².